The number of carbonyl (C=O) groups excluding carboxylic acids is 2. The van der Waals surface area contributed by atoms with Crippen molar-refractivity contribution in [3.8, 4) is 0 Å². The number of halogens is 1. The fourth-order valence-electron chi connectivity index (χ4n) is 2.21. The molecule has 2 rings (SSSR count). The van der Waals surface area contributed by atoms with Gasteiger partial charge in [0.15, 0.2) is 6.54 Å². The van der Waals surface area contributed by atoms with Crippen molar-refractivity contribution in [1.82, 2.24) is 0 Å². The summed E-state index contributed by atoms with van der Waals surface area (Å²) in [5, 5.41) is 5.44. The summed E-state index contributed by atoms with van der Waals surface area (Å²) in [6.45, 7) is 2.32. The summed E-state index contributed by atoms with van der Waals surface area (Å²) in [6, 6.07) is 14.3. The molecule has 0 saturated heterocycles. The van der Waals surface area contributed by atoms with Crippen LogP contribution in [0.1, 0.15) is 28.9 Å². The highest BCUT2D eigenvalue weighted by atomic mass is 35.5. The number of benzene rings is 2. The number of nitrogens with two attached hydrogens (primary N) is 1. The molecule has 0 unspecified atom stereocenters. The van der Waals surface area contributed by atoms with E-state index in [2.05, 4.69) is 10.1 Å². The van der Waals surface area contributed by atoms with Crippen molar-refractivity contribution in [2.24, 2.45) is 0 Å². The summed E-state index contributed by atoms with van der Waals surface area (Å²) in [6.07, 6.45) is 0. The first-order chi connectivity index (χ1) is 11.5. The Morgan fingerprint density at radius 1 is 1.12 bits per heavy atom. The van der Waals surface area contributed by atoms with E-state index in [1.165, 1.54) is 7.11 Å². The molecule has 0 radical (unpaired) electrons. The molecule has 0 aliphatic heterocycles. The molecule has 5 nitrogen and oxygen atoms in total. The van der Waals surface area contributed by atoms with Crippen molar-refractivity contribution in [2.75, 3.05) is 19.0 Å². The Bertz CT molecular complexity index is 699. The van der Waals surface area contributed by atoms with E-state index in [9.17, 15) is 9.59 Å². The van der Waals surface area contributed by atoms with E-state index < -0.39 is 5.97 Å². The lowest BCUT2D eigenvalue weighted by Gasteiger charge is -2.11. The minimum Gasteiger partial charge on any atom is -0.465 e. The maximum Gasteiger partial charge on any atom is 0.337 e. The number of nitrogens with one attached hydrogen (secondary N) is 1. The van der Waals surface area contributed by atoms with Gasteiger partial charge >= 0.3 is 5.97 Å². The molecule has 0 bridgehead atoms. The molecule has 3 N–H and O–H groups in total. The lowest BCUT2D eigenvalue weighted by atomic mass is 10.1. The fourth-order valence-corrected chi connectivity index (χ4v) is 2.33. The largest absolute Gasteiger partial charge is 0.465 e. The highest BCUT2D eigenvalue weighted by molar-refractivity contribution is 6.30. The molecule has 2 aromatic rings. The lowest BCUT2D eigenvalue weighted by molar-refractivity contribution is -0.682. The number of carbonyl (C=O) groups is 2. The predicted octanol–water partition coefficient (Wildman–Crippen LogP) is 2.39. The molecular weight excluding hydrogens is 328 g/mol. The second-order valence-electron chi connectivity index (χ2n) is 5.40. The number of hydrogen-bond donors (Lipinski definition) is 2. The molecule has 0 heterocycles. The molecule has 24 heavy (non-hydrogen) atoms. The molecule has 6 heteroatoms. The first-order valence-electron chi connectivity index (χ1n) is 7.56. The molecular formula is C18H20ClN2O3+. The van der Waals surface area contributed by atoms with Crippen molar-refractivity contribution in [1.29, 1.82) is 0 Å². The fraction of sp³-hybridized carbons (Fsp3) is 0.222. The van der Waals surface area contributed by atoms with Gasteiger partial charge in [-0.2, -0.15) is 0 Å². The van der Waals surface area contributed by atoms with Crippen LogP contribution in [0, 0.1) is 0 Å². The highest BCUT2D eigenvalue weighted by Gasteiger charge is 2.12. The molecule has 0 aromatic heterocycles. The van der Waals surface area contributed by atoms with Crippen LogP contribution in [-0.2, 0) is 9.53 Å². The van der Waals surface area contributed by atoms with Crippen LogP contribution in [0.4, 0.5) is 5.69 Å². The van der Waals surface area contributed by atoms with Gasteiger partial charge < -0.3 is 15.4 Å². The maximum atomic E-state index is 12.0. The number of esters is 1. The lowest BCUT2D eigenvalue weighted by Crippen LogP contribution is -2.86. The van der Waals surface area contributed by atoms with Gasteiger partial charge in [0.2, 0.25) is 0 Å². The van der Waals surface area contributed by atoms with E-state index >= 15 is 0 Å². The van der Waals surface area contributed by atoms with Crippen LogP contribution in [0.2, 0.25) is 5.02 Å². The second kappa shape index (κ2) is 8.47. The summed E-state index contributed by atoms with van der Waals surface area (Å²) in [5.41, 5.74) is 2.19. The van der Waals surface area contributed by atoms with Crippen LogP contribution < -0.4 is 10.6 Å². The van der Waals surface area contributed by atoms with Gasteiger partial charge in [0.25, 0.3) is 5.91 Å². The SMILES string of the molecule is COC(=O)c1ccc(NC(=O)C[NH2+][C@H](C)c2ccc(Cl)cc2)cc1. The Labute approximate surface area is 146 Å². The molecule has 1 amide bonds. The van der Waals surface area contributed by atoms with Crippen LogP contribution in [-0.4, -0.2) is 25.5 Å². The molecule has 1 atom stereocenters. The normalized spacial score (nSPS) is 11.6. The highest BCUT2D eigenvalue weighted by Crippen LogP contribution is 2.13. The standard InChI is InChI=1S/C18H19ClN2O3/c1-12(13-3-7-15(19)8-4-13)20-11-17(22)21-16-9-5-14(6-10-16)18(23)24-2/h3-10,12,20H,11H2,1-2H3,(H,21,22)/p+1/t12-/m1/s1. The average Bonchev–Trinajstić information content (AvgIpc) is 2.60. The first-order valence-corrected chi connectivity index (χ1v) is 7.94. The van der Waals surface area contributed by atoms with Crippen molar-refractivity contribution in [2.45, 2.75) is 13.0 Å². The third-order valence-corrected chi connectivity index (χ3v) is 3.89. The van der Waals surface area contributed by atoms with Crippen molar-refractivity contribution in [3.05, 3.63) is 64.7 Å². The van der Waals surface area contributed by atoms with Crippen LogP contribution in [0.5, 0.6) is 0 Å². The summed E-state index contributed by atoms with van der Waals surface area (Å²) in [4.78, 5) is 23.4. The van der Waals surface area contributed by atoms with Crippen LogP contribution in [0.3, 0.4) is 0 Å². The topological polar surface area (TPSA) is 72.0 Å². The number of hydrogen-bond acceptors (Lipinski definition) is 3. The molecule has 0 spiro atoms. The molecule has 2 aromatic carbocycles. The summed E-state index contributed by atoms with van der Waals surface area (Å²) in [7, 11) is 1.33. The number of methoxy groups -OCH3 is 1. The van der Waals surface area contributed by atoms with Gasteiger partial charge in [-0.15, -0.1) is 0 Å². The van der Waals surface area contributed by atoms with Gasteiger partial charge in [-0.05, 0) is 43.3 Å². The van der Waals surface area contributed by atoms with Crippen LogP contribution >= 0.6 is 11.6 Å². The molecule has 126 valence electrons. The molecule has 0 fully saturated rings. The summed E-state index contributed by atoms with van der Waals surface area (Å²) >= 11 is 5.87. The van der Waals surface area contributed by atoms with Gasteiger partial charge in [0, 0.05) is 16.3 Å². The van der Waals surface area contributed by atoms with Crippen molar-refractivity contribution < 1.29 is 19.6 Å². The quantitative estimate of drug-likeness (QED) is 0.788. The van der Waals surface area contributed by atoms with Gasteiger partial charge in [-0.3, -0.25) is 4.79 Å². The zero-order chi connectivity index (χ0) is 17.5. The zero-order valence-corrected chi connectivity index (χ0v) is 14.3. The number of rotatable bonds is 6. The summed E-state index contributed by atoms with van der Waals surface area (Å²) in [5.74, 6) is -0.514. The van der Waals surface area contributed by atoms with Gasteiger partial charge in [0.1, 0.15) is 6.04 Å². The molecule has 0 aliphatic carbocycles. The van der Waals surface area contributed by atoms with Gasteiger partial charge in [-0.25, -0.2) is 4.79 Å². The van der Waals surface area contributed by atoms with Crippen molar-refractivity contribution >= 4 is 29.2 Å². The van der Waals surface area contributed by atoms with Crippen LogP contribution in [0.25, 0.3) is 0 Å². The van der Waals surface area contributed by atoms with E-state index in [1.54, 1.807) is 24.3 Å². The minimum atomic E-state index is -0.405. The third kappa shape index (κ3) is 5.08. The Balaban J connectivity index is 1.84. The Hall–Kier alpha value is -2.37. The Kier molecular flexibility index (Phi) is 6.35. The van der Waals surface area contributed by atoms with Gasteiger partial charge in [-0.1, -0.05) is 23.7 Å². The average molecular weight is 348 g/mol. The van der Waals surface area contributed by atoms with E-state index in [0.717, 1.165) is 5.56 Å². The predicted molar refractivity (Wildman–Crippen MR) is 93.1 cm³/mol. The second-order valence-corrected chi connectivity index (χ2v) is 5.83. The van der Waals surface area contributed by atoms with Crippen LogP contribution in [0.15, 0.2) is 48.5 Å². The van der Waals surface area contributed by atoms with Gasteiger partial charge in [0.05, 0.1) is 12.7 Å². The zero-order valence-electron chi connectivity index (χ0n) is 13.6. The third-order valence-electron chi connectivity index (χ3n) is 3.64. The van der Waals surface area contributed by atoms with E-state index in [-0.39, 0.29) is 11.9 Å². The molecule has 0 aliphatic rings. The first kappa shape index (κ1) is 18.0. The molecule has 0 saturated carbocycles. The Morgan fingerprint density at radius 3 is 2.33 bits per heavy atom. The summed E-state index contributed by atoms with van der Waals surface area (Å²) < 4.78 is 4.63. The number of anilines is 1. The van der Waals surface area contributed by atoms with E-state index in [4.69, 9.17) is 11.6 Å². The number of amides is 1. The monoisotopic (exact) mass is 347 g/mol. The number of quaternary nitrogens is 1. The smallest absolute Gasteiger partial charge is 0.337 e. The van der Waals surface area contributed by atoms with Crippen molar-refractivity contribution in [3.63, 3.8) is 0 Å². The minimum absolute atomic E-state index is 0.110. The van der Waals surface area contributed by atoms with E-state index in [1.807, 2.05) is 36.5 Å². The van der Waals surface area contributed by atoms with E-state index in [0.29, 0.717) is 22.8 Å². The maximum absolute atomic E-state index is 12.0. The number of ether oxygens (including phenoxy) is 1. The Morgan fingerprint density at radius 2 is 1.75 bits per heavy atom.